The molecule has 0 fully saturated rings. The molecule has 0 N–H and O–H groups in total. The maximum atomic E-state index is 5.56. The number of hydrogen-bond acceptors (Lipinski definition) is 1. The van der Waals surface area contributed by atoms with Crippen molar-refractivity contribution in [3.05, 3.63) is 22.8 Å². The van der Waals surface area contributed by atoms with E-state index in [1.165, 1.54) is 0 Å². The minimum atomic E-state index is 0.776. The van der Waals surface area contributed by atoms with E-state index in [1.54, 1.807) is 4.42 Å². The molecule has 0 aromatic rings. The maximum Gasteiger partial charge on any atom is 0.0537 e. The number of nitrogens with zero attached hydrogens (tertiary/aromatic N) is 1. The van der Waals surface area contributed by atoms with Crippen LogP contribution in [0, 0.1) is 0 Å². The Morgan fingerprint density at radius 3 is 2.88 bits per heavy atom. The third-order valence-electron chi connectivity index (χ3n) is 0.856. The van der Waals surface area contributed by atoms with Gasteiger partial charge in [0.25, 0.3) is 0 Å². The van der Waals surface area contributed by atoms with Crippen molar-refractivity contribution in [2.24, 2.45) is 0 Å². The number of allylic oxidation sites excluding steroid dienone is 2. The Kier molecular flexibility index (Phi) is 1.97. The van der Waals surface area contributed by atoms with Crippen molar-refractivity contribution in [2.75, 3.05) is 6.54 Å². The monoisotopic (exact) mass is 193 g/mol. The number of rotatable bonds is 0. The second kappa shape index (κ2) is 2.55. The minimum Gasteiger partial charge on any atom is -0.289 e. The van der Waals surface area contributed by atoms with Gasteiger partial charge in [0, 0.05) is 22.5 Å². The molecule has 1 nitrogen and oxygen atoms in total. The first kappa shape index (κ1) is 6.17. The highest BCUT2D eigenvalue weighted by atomic mass is 79.9. The minimum absolute atomic E-state index is 0.776. The largest absolute Gasteiger partial charge is 0.289 e. The van der Waals surface area contributed by atoms with E-state index in [0.717, 1.165) is 11.0 Å². The molecule has 0 aliphatic carbocycles. The number of halogens is 2. The van der Waals surface area contributed by atoms with Gasteiger partial charge in [0.05, 0.1) is 6.54 Å². The van der Waals surface area contributed by atoms with Gasteiger partial charge in [0.1, 0.15) is 0 Å². The Hall–Kier alpha value is 0.0500. The van der Waals surface area contributed by atoms with E-state index in [0.29, 0.717) is 0 Å². The fourth-order valence-corrected chi connectivity index (χ4v) is 0.844. The van der Waals surface area contributed by atoms with Crippen molar-refractivity contribution in [3.63, 3.8) is 0 Å². The van der Waals surface area contributed by atoms with Crippen molar-refractivity contribution >= 4 is 27.7 Å². The molecule has 0 atom stereocenters. The van der Waals surface area contributed by atoms with Crippen LogP contribution in [0.1, 0.15) is 0 Å². The molecule has 0 saturated heterocycles. The Balaban J connectivity index is 2.58. The summed E-state index contributed by atoms with van der Waals surface area (Å²) >= 11 is 8.87. The Morgan fingerprint density at radius 2 is 2.50 bits per heavy atom. The average molecular weight is 194 g/mol. The third kappa shape index (κ3) is 1.53. The summed E-state index contributed by atoms with van der Waals surface area (Å²) in [4.78, 5) is 0. The van der Waals surface area contributed by atoms with Crippen molar-refractivity contribution in [3.8, 4) is 0 Å². The van der Waals surface area contributed by atoms with Gasteiger partial charge in [0.2, 0.25) is 0 Å². The summed E-state index contributed by atoms with van der Waals surface area (Å²) in [6.07, 6.45) is 5.70. The van der Waals surface area contributed by atoms with Gasteiger partial charge in [-0.05, 0) is 12.2 Å². The summed E-state index contributed by atoms with van der Waals surface area (Å²) in [6, 6.07) is 0. The van der Waals surface area contributed by atoms with Gasteiger partial charge >= 0.3 is 0 Å². The summed E-state index contributed by atoms with van der Waals surface area (Å²) in [5.74, 6) is 0. The molecule has 1 rings (SSSR count). The lowest BCUT2D eigenvalue weighted by atomic mass is 10.4. The van der Waals surface area contributed by atoms with Crippen LogP contribution < -0.4 is 0 Å². The van der Waals surface area contributed by atoms with Crippen LogP contribution in [-0.4, -0.2) is 11.0 Å². The summed E-state index contributed by atoms with van der Waals surface area (Å²) in [6.45, 7) is 0.776. The average Bonchev–Trinajstić information content (AvgIpc) is 1.77. The maximum absolute atomic E-state index is 5.56. The van der Waals surface area contributed by atoms with Gasteiger partial charge in [-0.3, -0.25) is 4.42 Å². The predicted octanol–water partition coefficient (Wildman–Crippen LogP) is 2.25. The van der Waals surface area contributed by atoms with Crippen LogP contribution in [0.25, 0.3) is 0 Å². The molecular weight excluding hydrogens is 189 g/mol. The molecule has 0 bridgehead atoms. The van der Waals surface area contributed by atoms with E-state index in [1.807, 2.05) is 18.4 Å². The van der Waals surface area contributed by atoms with Gasteiger partial charge in [-0.15, -0.1) is 0 Å². The molecule has 0 amide bonds. The fraction of sp³-hybridized carbons (Fsp3) is 0.200. The zero-order valence-electron chi connectivity index (χ0n) is 4.14. The lowest BCUT2D eigenvalue weighted by Gasteiger charge is -2.10. The van der Waals surface area contributed by atoms with E-state index >= 15 is 0 Å². The summed E-state index contributed by atoms with van der Waals surface area (Å²) in [5.41, 5.74) is 0. The van der Waals surface area contributed by atoms with E-state index in [2.05, 4.69) is 15.9 Å². The first-order valence-electron chi connectivity index (χ1n) is 2.25. The van der Waals surface area contributed by atoms with E-state index in [4.69, 9.17) is 11.8 Å². The number of hydrogen-bond donors (Lipinski definition) is 0. The molecule has 0 radical (unpaired) electrons. The quantitative estimate of drug-likeness (QED) is 0.535. The van der Waals surface area contributed by atoms with Crippen molar-refractivity contribution < 1.29 is 0 Å². The predicted molar refractivity (Wildman–Crippen MR) is 38.7 cm³/mol. The van der Waals surface area contributed by atoms with Crippen molar-refractivity contribution in [1.29, 1.82) is 0 Å². The van der Waals surface area contributed by atoms with Gasteiger partial charge in [-0.1, -0.05) is 15.9 Å². The Bertz CT molecular complexity index is 141. The molecule has 0 saturated carbocycles. The lowest BCUT2D eigenvalue weighted by Crippen LogP contribution is -2.05. The molecule has 3 heteroatoms. The van der Waals surface area contributed by atoms with Crippen LogP contribution in [0.2, 0.25) is 0 Å². The summed E-state index contributed by atoms with van der Waals surface area (Å²) in [5, 5.41) is 0. The smallest absolute Gasteiger partial charge is 0.0537 e. The van der Waals surface area contributed by atoms with E-state index in [9.17, 15) is 0 Å². The summed E-state index contributed by atoms with van der Waals surface area (Å²) in [7, 11) is 0. The van der Waals surface area contributed by atoms with Crippen molar-refractivity contribution in [2.45, 2.75) is 0 Å². The van der Waals surface area contributed by atoms with Crippen LogP contribution in [0.3, 0.4) is 0 Å². The van der Waals surface area contributed by atoms with Crippen LogP contribution in [0.4, 0.5) is 0 Å². The highest BCUT2D eigenvalue weighted by Gasteiger charge is 1.96. The third-order valence-corrected chi connectivity index (χ3v) is 1.69. The molecule has 1 heterocycles. The van der Waals surface area contributed by atoms with Gasteiger partial charge < -0.3 is 0 Å². The van der Waals surface area contributed by atoms with Crippen molar-refractivity contribution in [1.82, 2.24) is 4.42 Å². The molecule has 0 spiro atoms. The van der Waals surface area contributed by atoms with Crippen LogP contribution in [0.15, 0.2) is 22.8 Å². The normalized spacial score (nSPS) is 18.8. The van der Waals surface area contributed by atoms with E-state index < -0.39 is 0 Å². The highest BCUT2D eigenvalue weighted by molar-refractivity contribution is 9.11. The zero-order valence-corrected chi connectivity index (χ0v) is 6.48. The first-order valence-corrected chi connectivity index (χ1v) is 3.38. The zero-order chi connectivity index (χ0) is 5.98. The highest BCUT2D eigenvalue weighted by Crippen LogP contribution is 2.13. The molecule has 1 aliphatic rings. The van der Waals surface area contributed by atoms with E-state index in [-0.39, 0.29) is 0 Å². The molecular formula is C5H5BrClN. The summed E-state index contributed by atoms with van der Waals surface area (Å²) < 4.78 is 2.68. The second-order valence-corrected chi connectivity index (χ2v) is 2.84. The van der Waals surface area contributed by atoms with Gasteiger partial charge in [-0.25, -0.2) is 0 Å². The lowest BCUT2D eigenvalue weighted by molar-refractivity contribution is 0.669. The molecule has 1 aliphatic heterocycles. The Morgan fingerprint density at radius 1 is 1.75 bits per heavy atom. The molecule has 8 heavy (non-hydrogen) atoms. The standard InChI is InChI=1S/C5H5BrClN/c6-5-1-3-8(7)4-2-5/h1-3H,4H2. The molecule has 44 valence electrons. The molecule has 0 unspecified atom stereocenters. The second-order valence-electron chi connectivity index (χ2n) is 1.49. The Labute approximate surface area is 61.9 Å². The van der Waals surface area contributed by atoms with Gasteiger partial charge in [0.15, 0.2) is 0 Å². The fourth-order valence-electron chi connectivity index (χ4n) is 0.455. The van der Waals surface area contributed by atoms with Crippen LogP contribution in [0.5, 0.6) is 0 Å². The van der Waals surface area contributed by atoms with Crippen LogP contribution in [-0.2, 0) is 0 Å². The van der Waals surface area contributed by atoms with Crippen LogP contribution >= 0.6 is 27.7 Å². The molecule has 0 aromatic carbocycles. The van der Waals surface area contributed by atoms with Gasteiger partial charge in [-0.2, -0.15) is 0 Å². The molecule has 0 aromatic heterocycles. The topological polar surface area (TPSA) is 3.24 Å². The first-order chi connectivity index (χ1) is 3.79. The SMILES string of the molecule is ClN1C=CC(Br)=CC1.